The van der Waals surface area contributed by atoms with Gasteiger partial charge >= 0.3 is 0 Å². The number of rotatable bonds is 2. The molecule has 2 atom stereocenters. The fourth-order valence-electron chi connectivity index (χ4n) is 2.84. The first-order chi connectivity index (χ1) is 6.75. The van der Waals surface area contributed by atoms with E-state index in [9.17, 15) is 0 Å². The van der Waals surface area contributed by atoms with E-state index in [1.165, 1.54) is 44.9 Å². The van der Waals surface area contributed by atoms with E-state index in [1.54, 1.807) is 0 Å². The summed E-state index contributed by atoms with van der Waals surface area (Å²) in [6, 6.07) is 1.99. The summed E-state index contributed by atoms with van der Waals surface area (Å²) in [5, 5.41) is 3.80. The van der Waals surface area contributed by atoms with E-state index < -0.39 is 0 Å². The van der Waals surface area contributed by atoms with Gasteiger partial charge in [0.15, 0.2) is 0 Å². The van der Waals surface area contributed by atoms with Crippen LogP contribution in [0.3, 0.4) is 0 Å². The second-order valence-electron chi connectivity index (χ2n) is 5.32. The first-order valence-electron chi connectivity index (χ1n) is 6.27. The number of hydrogen-bond donors (Lipinski definition) is 2. The fourth-order valence-corrected chi connectivity index (χ4v) is 2.84. The molecule has 0 aliphatic heterocycles. The van der Waals surface area contributed by atoms with Crippen LogP contribution in [0.15, 0.2) is 0 Å². The van der Waals surface area contributed by atoms with Crippen LogP contribution in [0.4, 0.5) is 0 Å². The number of hydrogen-bond acceptors (Lipinski definition) is 2. The van der Waals surface area contributed by atoms with Crippen molar-refractivity contribution in [2.24, 2.45) is 11.7 Å². The molecule has 2 saturated carbocycles. The van der Waals surface area contributed by atoms with Gasteiger partial charge < -0.3 is 11.1 Å². The molecule has 0 saturated heterocycles. The molecule has 2 unspecified atom stereocenters. The fraction of sp³-hybridized carbons (Fsp3) is 1.00. The van der Waals surface area contributed by atoms with Crippen LogP contribution in [0.2, 0.25) is 0 Å². The molecule has 2 nitrogen and oxygen atoms in total. The minimum absolute atomic E-state index is 0.480. The average molecular weight is 196 g/mol. The number of nitrogens with one attached hydrogen (secondary N) is 1. The molecule has 2 rings (SSSR count). The predicted octanol–water partition coefficient (Wildman–Crippen LogP) is 2.03. The van der Waals surface area contributed by atoms with Crippen LogP contribution in [0, 0.1) is 5.92 Å². The standard InChI is InChI=1S/C12H24N2/c1-9-5-3-2-4-6-12(9)14-11-7-10(13)8-11/h9-12,14H,2-8,13H2,1H3. The third-order valence-corrected chi connectivity index (χ3v) is 3.99. The van der Waals surface area contributed by atoms with Crippen LogP contribution < -0.4 is 11.1 Å². The largest absolute Gasteiger partial charge is 0.328 e. The van der Waals surface area contributed by atoms with Crippen molar-refractivity contribution in [1.82, 2.24) is 5.32 Å². The first kappa shape index (κ1) is 10.4. The Hall–Kier alpha value is -0.0800. The zero-order chi connectivity index (χ0) is 9.97. The van der Waals surface area contributed by atoms with E-state index in [0.29, 0.717) is 6.04 Å². The molecule has 0 radical (unpaired) electrons. The van der Waals surface area contributed by atoms with Gasteiger partial charge in [-0.3, -0.25) is 0 Å². The molecule has 0 aromatic rings. The molecule has 0 heterocycles. The summed E-state index contributed by atoms with van der Waals surface area (Å²) in [6.45, 7) is 2.40. The quantitative estimate of drug-likeness (QED) is 0.663. The Labute approximate surface area is 87.6 Å². The van der Waals surface area contributed by atoms with Gasteiger partial charge in [0.1, 0.15) is 0 Å². The number of nitrogens with two attached hydrogens (primary N) is 1. The lowest BCUT2D eigenvalue weighted by molar-refractivity contribution is 0.230. The van der Waals surface area contributed by atoms with Crippen molar-refractivity contribution in [2.45, 2.75) is 70.0 Å². The van der Waals surface area contributed by atoms with Crippen molar-refractivity contribution in [1.29, 1.82) is 0 Å². The smallest absolute Gasteiger partial charge is 0.00992 e. The Morgan fingerprint density at radius 3 is 2.50 bits per heavy atom. The van der Waals surface area contributed by atoms with Crippen molar-refractivity contribution in [3.63, 3.8) is 0 Å². The van der Waals surface area contributed by atoms with E-state index >= 15 is 0 Å². The summed E-state index contributed by atoms with van der Waals surface area (Å²) < 4.78 is 0. The summed E-state index contributed by atoms with van der Waals surface area (Å²) in [4.78, 5) is 0. The lowest BCUT2D eigenvalue weighted by Crippen LogP contribution is -2.52. The first-order valence-corrected chi connectivity index (χ1v) is 6.27. The molecule has 0 aromatic carbocycles. The van der Waals surface area contributed by atoms with Gasteiger partial charge in [0, 0.05) is 18.1 Å². The molecule has 2 aliphatic rings. The Kier molecular flexibility index (Phi) is 3.45. The molecule has 0 spiro atoms. The second-order valence-corrected chi connectivity index (χ2v) is 5.32. The molecule has 2 fully saturated rings. The third-order valence-electron chi connectivity index (χ3n) is 3.99. The molecule has 0 bridgehead atoms. The average Bonchev–Trinajstić information content (AvgIpc) is 2.29. The molecule has 14 heavy (non-hydrogen) atoms. The van der Waals surface area contributed by atoms with Gasteiger partial charge in [-0.15, -0.1) is 0 Å². The summed E-state index contributed by atoms with van der Waals surface area (Å²) >= 11 is 0. The summed E-state index contributed by atoms with van der Waals surface area (Å²) in [7, 11) is 0. The van der Waals surface area contributed by atoms with Gasteiger partial charge in [-0.25, -0.2) is 0 Å². The van der Waals surface area contributed by atoms with Crippen LogP contribution in [0.1, 0.15) is 51.9 Å². The van der Waals surface area contributed by atoms with E-state index in [0.717, 1.165) is 18.0 Å². The van der Waals surface area contributed by atoms with Crippen LogP contribution in [-0.2, 0) is 0 Å². The highest BCUT2D eigenvalue weighted by molar-refractivity contribution is 4.91. The molecule has 2 aliphatic carbocycles. The van der Waals surface area contributed by atoms with Crippen LogP contribution in [0.25, 0.3) is 0 Å². The monoisotopic (exact) mass is 196 g/mol. The maximum Gasteiger partial charge on any atom is 0.00992 e. The molecule has 82 valence electrons. The zero-order valence-corrected chi connectivity index (χ0v) is 9.34. The normalized spacial score (nSPS) is 44.1. The predicted molar refractivity (Wildman–Crippen MR) is 60.2 cm³/mol. The van der Waals surface area contributed by atoms with E-state index in [4.69, 9.17) is 5.73 Å². The van der Waals surface area contributed by atoms with E-state index in [-0.39, 0.29) is 0 Å². The Morgan fingerprint density at radius 1 is 1.07 bits per heavy atom. The van der Waals surface area contributed by atoms with Crippen molar-refractivity contribution in [3.8, 4) is 0 Å². The highest BCUT2D eigenvalue weighted by Crippen LogP contribution is 2.26. The van der Waals surface area contributed by atoms with Crippen LogP contribution in [0.5, 0.6) is 0 Å². The van der Waals surface area contributed by atoms with Crippen molar-refractivity contribution in [3.05, 3.63) is 0 Å². The summed E-state index contributed by atoms with van der Waals surface area (Å²) in [5.41, 5.74) is 5.80. The Bertz CT molecular complexity index is 175. The Morgan fingerprint density at radius 2 is 1.79 bits per heavy atom. The van der Waals surface area contributed by atoms with E-state index in [1.807, 2.05) is 0 Å². The molecule has 2 heteroatoms. The van der Waals surface area contributed by atoms with Gasteiger partial charge in [0.05, 0.1) is 0 Å². The van der Waals surface area contributed by atoms with Crippen LogP contribution >= 0.6 is 0 Å². The second kappa shape index (κ2) is 4.63. The maximum absolute atomic E-state index is 5.80. The molecular weight excluding hydrogens is 172 g/mol. The maximum atomic E-state index is 5.80. The zero-order valence-electron chi connectivity index (χ0n) is 9.34. The molecule has 3 N–H and O–H groups in total. The topological polar surface area (TPSA) is 38.0 Å². The Balaban J connectivity index is 1.77. The lowest BCUT2D eigenvalue weighted by Gasteiger charge is -2.37. The SMILES string of the molecule is CC1CCCCCC1NC1CC(N)C1. The molecular formula is C12H24N2. The minimum atomic E-state index is 0.480. The van der Waals surface area contributed by atoms with Crippen molar-refractivity contribution < 1.29 is 0 Å². The lowest BCUT2D eigenvalue weighted by atomic mass is 9.85. The molecule has 0 aromatic heterocycles. The van der Waals surface area contributed by atoms with Gasteiger partial charge in [-0.05, 0) is 31.6 Å². The van der Waals surface area contributed by atoms with Gasteiger partial charge in [0.25, 0.3) is 0 Å². The van der Waals surface area contributed by atoms with Crippen molar-refractivity contribution >= 4 is 0 Å². The van der Waals surface area contributed by atoms with Gasteiger partial charge in [-0.2, -0.15) is 0 Å². The van der Waals surface area contributed by atoms with Gasteiger partial charge in [0.2, 0.25) is 0 Å². The molecule has 0 amide bonds. The highest BCUT2D eigenvalue weighted by Gasteiger charge is 2.29. The van der Waals surface area contributed by atoms with E-state index in [2.05, 4.69) is 12.2 Å². The third kappa shape index (κ3) is 2.48. The minimum Gasteiger partial charge on any atom is -0.328 e. The summed E-state index contributed by atoms with van der Waals surface area (Å²) in [6.07, 6.45) is 9.48. The van der Waals surface area contributed by atoms with Crippen LogP contribution in [-0.4, -0.2) is 18.1 Å². The van der Waals surface area contributed by atoms with Crippen molar-refractivity contribution in [2.75, 3.05) is 0 Å². The highest BCUT2D eigenvalue weighted by atomic mass is 15.0. The van der Waals surface area contributed by atoms with Gasteiger partial charge in [-0.1, -0.05) is 26.2 Å². The summed E-state index contributed by atoms with van der Waals surface area (Å²) in [5.74, 6) is 0.870.